The predicted octanol–water partition coefficient (Wildman–Crippen LogP) is 3.77. The van der Waals surface area contributed by atoms with Crippen molar-refractivity contribution in [3.63, 3.8) is 0 Å². The molecule has 0 fully saturated rings. The molecule has 0 aliphatic heterocycles. The largest absolute Gasteiger partial charge is 0.497 e. The Labute approximate surface area is 161 Å². The van der Waals surface area contributed by atoms with Crippen LogP contribution in [-0.2, 0) is 11.3 Å². The van der Waals surface area contributed by atoms with Crippen molar-refractivity contribution in [3.05, 3.63) is 68.5 Å². The second-order valence-corrected chi connectivity index (χ2v) is 6.09. The van der Waals surface area contributed by atoms with Crippen LogP contribution in [-0.4, -0.2) is 28.1 Å². The number of methoxy groups -OCH3 is 1. The summed E-state index contributed by atoms with van der Waals surface area (Å²) in [5.41, 5.74) is 0.794. The van der Waals surface area contributed by atoms with E-state index in [-0.39, 0.29) is 24.0 Å². The molecule has 0 radical (unpaired) electrons. The molecule has 0 N–H and O–H groups in total. The van der Waals surface area contributed by atoms with Crippen LogP contribution in [0.4, 0.5) is 5.69 Å². The summed E-state index contributed by atoms with van der Waals surface area (Å²) in [6.45, 7) is -0.220. The van der Waals surface area contributed by atoms with E-state index in [1.54, 1.807) is 18.2 Å². The maximum atomic E-state index is 12.2. The second-order valence-electron chi connectivity index (χ2n) is 5.24. The van der Waals surface area contributed by atoms with Gasteiger partial charge in [0.05, 0.1) is 17.6 Å². The molecular formula is C17H12BrN3O6. The van der Waals surface area contributed by atoms with E-state index in [4.69, 9.17) is 14.0 Å². The van der Waals surface area contributed by atoms with Gasteiger partial charge in [-0.15, -0.1) is 0 Å². The molecule has 3 aromatic rings. The minimum Gasteiger partial charge on any atom is -0.497 e. The van der Waals surface area contributed by atoms with Crippen LogP contribution in [0.15, 0.2) is 51.5 Å². The molecule has 138 valence electrons. The lowest BCUT2D eigenvalue weighted by Crippen LogP contribution is -2.06. The molecule has 9 nitrogen and oxygen atoms in total. The molecule has 0 aliphatic rings. The molecule has 0 saturated heterocycles. The number of hydrogen-bond donors (Lipinski definition) is 0. The standard InChI is InChI=1S/C17H12BrN3O6/c1-25-12-6-7-14(18)13(8-12)17(22)26-9-15-19-16(20-27-15)10-2-4-11(5-3-10)21(23)24/h2-8H,9H2,1H3. The number of halogens is 1. The highest BCUT2D eigenvalue weighted by molar-refractivity contribution is 9.10. The second kappa shape index (κ2) is 7.96. The highest BCUT2D eigenvalue weighted by Gasteiger charge is 2.16. The summed E-state index contributed by atoms with van der Waals surface area (Å²) in [4.78, 5) is 26.5. The molecule has 0 amide bonds. The monoisotopic (exact) mass is 433 g/mol. The predicted molar refractivity (Wildman–Crippen MR) is 96.2 cm³/mol. The Morgan fingerprint density at radius 2 is 2.00 bits per heavy atom. The molecule has 2 aromatic carbocycles. The number of nitro groups is 1. The summed E-state index contributed by atoms with van der Waals surface area (Å²) in [6, 6.07) is 10.6. The Morgan fingerprint density at radius 3 is 2.67 bits per heavy atom. The van der Waals surface area contributed by atoms with Crippen LogP contribution in [0.5, 0.6) is 5.75 Å². The van der Waals surface area contributed by atoms with Crippen molar-refractivity contribution in [1.29, 1.82) is 0 Å². The van der Waals surface area contributed by atoms with E-state index in [1.807, 2.05) is 0 Å². The minimum absolute atomic E-state index is 0.0414. The number of rotatable bonds is 6. The summed E-state index contributed by atoms with van der Waals surface area (Å²) in [7, 11) is 1.50. The number of carbonyl (C=O) groups excluding carboxylic acids is 1. The molecule has 0 atom stereocenters. The summed E-state index contributed by atoms with van der Waals surface area (Å²) >= 11 is 3.28. The average Bonchev–Trinajstić information content (AvgIpc) is 3.15. The van der Waals surface area contributed by atoms with Crippen LogP contribution >= 0.6 is 15.9 Å². The van der Waals surface area contributed by atoms with Gasteiger partial charge in [0.1, 0.15) is 5.75 Å². The maximum absolute atomic E-state index is 12.2. The van der Waals surface area contributed by atoms with E-state index in [0.717, 1.165) is 0 Å². The summed E-state index contributed by atoms with van der Waals surface area (Å²) in [6.07, 6.45) is 0. The number of hydrogen-bond acceptors (Lipinski definition) is 8. The molecule has 1 aromatic heterocycles. The first-order chi connectivity index (χ1) is 13.0. The molecule has 3 rings (SSSR count). The van der Waals surface area contributed by atoms with Gasteiger partial charge in [0, 0.05) is 22.2 Å². The topological polar surface area (TPSA) is 118 Å². The van der Waals surface area contributed by atoms with Crippen LogP contribution in [0.1, 0.15) is 16.2 Å². The van der Waals surface area contributed by atoms with Gasteiger partial charge in [-0.3, -0.25) is 10.1 Å². The van der Waals surface area contributed by atoms with Gasteiger partial charge in [0.25, 0.3) is 11.6 Å². The Bertz CT molecular complexity index is 987. The number of ether oxygens (including phenoxy) is 2. The van der Waals surface area contributed by atoms with Gasteiger partial charge in [-0.25, -0.2) is 4.79 Å². The number of benzene rings is 2. The molecule has 0 saturated carbocycles. The fraction of sp³-hybridized carbons (Fsp3) is 0.118. The van der Waals surface area contributed by atoms with E-state index >= 15 is 0 Å². The number of nitrogens with zero attached hydrogens (tertiary/aromatic N) is 3. The molecular weight excluding hydrogens is 422 g/mol. The minimum atomic E-state index is -0.587. The maximum Gasteiger partial charge on any atom is 0.339 e. The number of non-ortho nitro benzene ring substituents is 1. The van der Waals surface area contributed by atoms with Gasteiger partial charge in [0.2, 0.25) is 5.82 Å². The first-order valence-electron chi connectivity index (χ1n) is 7.56. The molecule has 0 aliphatic carbocycles. The van der Waals surface area contributed by atoms with Crippen LogP contribution in [0.25, 0.3) is 11.4 Å². The average molecular weight is 434 g/mol. The van der Waals surface area contributed by atoms with Crippen molar-refractivity contribution in [2.45, 2.75) is 6.61 Å². The Balaban J connectivity index is 1.67. The number of aromatic nitrogens is 2. The Hall–Kier alpha value is -3.27. The van der Waals surface area contributed by atoms with Gasteiger partial charge in [-0.05, 0) is 46.3 Å². The summed E-state index contributed by atoms with van der Waals surface area (Å²) in [5.74, 6) is 0.258. The number of carbonyl (C=O) groups is 1. The number of nitro benzene ring substituents is 1. The highest BCUT2D eigenvalue weighted by atomic mass is 79.9. The number of esters is 1. The van der Waals surface area contributed by atoms with Crippen molar-refractivity contribution < 1.29 is 23.7 Å². The van der Waals surface area contributed by atoms with Crippen molar-refractivity contribution in [2.24, 2.45) is 0 Å². The first kappa shape index (κ1) is 18.5. The van der Waals surface area contributed by atoms with Crippen molar-refractivity contribution in [2.75, 3.05) is 7.11 Å². The third kappa shape index (κ3) is 4.29. The van der Waals surface area contributed by atoms with Crippen LogP contribution in [0.2, 0.25) is 0 Å². The summed E-state index contributed by atoms with van der Waals surface area (Å²) in [5, 5.41) is 14.5. The zero-order valence-electron chi connectivity index (χ0n) is 13.9. The normalized spacial score (nSPS) is 10.4. The van der Waals surface area contributed by atoms with Gasteiger partial charge in [0.15, 0.2) is 6.61 Å². The van der Waals surface area contributed by atoms with Gasteiger partial charge >= 0.3 is 5.97 Å². The molecule has 0 spiro atoms. The lowest BCUT2D eigenvalue weighted by Gasteiger charge is -2.06. The van der Waals surface area contributed by atoms with Crippen molar-refractivity contribution in [3.8, 4) is 17.1 Å². The zero-order valence-corrected chi connectivity index (χ0v) is 15.5. The fourth-order valence-electron chi connectivity index (χ4n) is 2.16. The van der Waals surface area contributed by atoms with Crippen LogP contribution < -0.4 is 4.74 Å². The lowest BCUT2D eigenvalue weighted by molar-refractivity contribution is -0.384. The Kier molecular flexibility index (Phi) is 5.46. The van der Waals surface area contributed by atoms with E-state index in [0.29, 0.717) is 21.3 Å². The quantitative estimate of drug-likeness (QED) is 0.327. The van der Waals surface area contributed by atoms with Gasteiger partial charge < -0.3 is 14.0 Å². The lowest BCUT2D eigenvalue weighted by atomic mass is 10.2. The third-order valence-electron chi connectivity index (χ3n) is 3.52. The smallest absolute Gasteiger partial charge is 0.339 e. The van der Waals surface area contributed by atoms with Crippen molar-refractivity contribution >= 4 is 27.6 Å². The molecule has 1 heterocycles. The molecule has 10 heteroatoms. The van der Waals surface area contributed by atoms with E-state index in [1.165, 1.54) is 31.4 Å². The van der Waals surface area contributed by atoms with Crippen molar-refractivity contribution in [1.82, 2.24) is 10.1 Å². The van der Waals surface area contributed by atoms with Crippen LogP contribution in [0, 0.1) is 10.1 Å². The van der Waals surface area contributed by atoms with E-state index < -0.39 is 10.9 Å². The van der Waals surface area contributed by atoms with E-state index in [9.17, 15) is 14.9 Å². The molecule has 27 heavy (non-hydrogen) atoms. The van der Waals surface area contributed by atoms with Gasteiger partial charge in [-0.2, -0.15) is 4.98 Å². The van der Waals surface area contributed by atoms with Crippen LogP contribution in [0.3, 0.4) is 0 Å². The SMILES string of the molecule is COc1ccc(Br)c(C(=O)OCc2nc(-c3ccc([N+](=O)[O-])cc3)no2)c1. The molecule has 0 bridgehead atoms. The Morgan fingerprint density at radius 1 is 1.26 bits per heavy atom. The summed E-state index contributed by atoms with van der Waals surface area (Å²) < 4.78 is 15.9. The third-order valence-corrected chi connectivity index (χ3v) is 4.22. The fourth-order valence-corrected chi connectivity index (χ4v) is 2.56. The first-order valence-corrected chi connectivity index (χ1v) is 8.35. The highest BCUT2D eigenvalue weighted by Crippen LogP contribution is 2.24. The zero-order chi connectivity index (χ0) is 19.4. The van der Waals surface area contributed by atoms with E-state index in [2.05, 4.69) is 26.1 Å². The molecule has 0 unspecified atom stereocenters. The van der Waals surface area contributed by atoms with Gasteiger partial charge in [-0.1, -0.05) is 5.16 Å².